The van der Waals surface area contributed by atoms with E-state index in [2.05, 4.69) is 62.4 Å². The quantitative estimate of drug-likeness (QED) is 0.479. The Morgan fingerprint density at radius 2 is 1.57 bits per heavy atom. The number of hydrogen-bond acceptors (Lipinski definition) is 0. The minimum absolute atomic E-state index is 0. The van der Waals surface area contributed by atoms with E-state index in [0.29, 0.717) is 0 Å². The first-order valence-corrected chi connectivity index (χ1v) is 10.0. The molecule has 116 valence electrons. The molecule has 2 aromatic rings. The summed E-state index contributed by atoms with van der Waals surface area (Å²) < 4.78 is 3.42. The number of hydrogen-bond donors (Lipinski definition) is 0. The summed E-state index contributed by atoms with van der Waals surface area (Å²) in [6, 6.07) is 15.9. The summed E-state index contributed by atoms with van der Waals surface area (Å²) >= 11 is -0.633. The van der Waals surface area contributed by atoms with Crippen molar-refractivity contribution in [2.75, 3.05) is 0 Å². The van der Waals surface area contributed by atoms with Gasteiger partial charge in [-0.1, -0.05) is 0 Å². The molecule has 4 rings (SSSR count). The van der Waals surface area contributed by atoms with Crippen molar-refractivity contribution in [1.29, 1.82) is 0 Å². The van der Waals surface area contributed by atoms with Gasteiger partial charge < -0.3 is 24.8 Å². The zero-order valence-electron chi connectivity index (χ0n) is 13.3. The van der Waals surface area contributed by atoms with Crippen molar-refractivity contribution in [3.63, 3.8) is 0 Å². The molecule has 0 amide bonds. The number of benzene rings is 2. The Hall–Kier alpha value is -0.617. The second kappa shape index (κ2) is 7.51. The molecule has 0 atom stereocenters. The van der Waals surface area contributed by atoms with Gasteiger partial charge in [-0.05, 0) is 0 Å². The van der Waals surface area contributed by atoms with Crippen molar-refractivity contribution in [3.8, 4) is 11.1 Å². The van der Waals surface area contributed by atoms with Crippen LogP contribution >= 0.6 is 0 Å². The number of allylic oxidation sites excluding steroid dienone is 4. The van der Waals surface area contributed by atoms with E-state index in [1.165, 1.54) is 28.7 Å². The molecule has 0 aromatic heterocycles. The van der Waals surface area contributed by atoms with Gasteiger partial charge in [-0.25, -0.2) is 0 Å². The first kappa shape index (κ1) is 18.7. The third kappa shape index (κ3) is 3.43. The Labute approximate surface area is 162 Å². The molecule has 2 aliphatic rings. The summed E-state index contributed by atoms with van der Waals surface area (Å²) in [6.45, 7) is 4.54. The molecule has 0 N–H and O–H groups in total. The van der Waals surface area contributed by atoms with E-state index in [0.717, 1.165) is 6.42 Å². The summed E-state index contributed by atoms with van der Waals surface area (Å²) in [6.07, 6.45) is 4.83. The first-order valence-electron chi connectivity index (χ1n) is 7.56. The van der Waals surface area contributed by atoms with Crippen LogP contribution in [0.1, 0.15) is 31.4 Å². The molecule has 0 spiro atoms. The third-order valence-electron chi connectivity index (χ3n) is 4.67. The molecular formula is C20H18Cl2Zr. The Kier molecular flexibility index (Phi) is 6.12. The van der Waals surface area contributed by atoms with Gasteiger partial charge in [0, 0.05) is 0 Å². The average Bonchev–Trinajstić information content (AvgIpc) is 3.01. The summed E-state index contributed by atoms with van der Waals surface area (Å²) in [5, 5.41) is 0. The number of halogens is 2. The van der Waals surface area contributed by atoms with E-state index in [1.807, 2.05) is 0 Å². The molecule has 0 fully saturated rings. The topological polar surface area (TPSA) is 0 Å². The zero-order chi connectivity index (χ0) is 14.4. The van der Waals surface area contributed by atoms with Gasteiger partial charge in [0.25, 0.3) is 0 Å². The first-order chi connectivity index (χ1) is 10.2. The molecule has 3 heteroatoms. The molecule has 0 saturated carbocycles. The molecule has 0 heterocycles. The molecule has 0 nitrogen and oxygen atoms in total. The van der Waals surface area contributed by atoms with Crippen LogP contribution in [-0.4, -0.2) is 0 Å². The van der Waals surface area contributed by atoms with Crippen LogP contribution < -0.4 is 28.1 Å². The smallest absolute Gasteiger partial charge is 1.00 e. The Morgan fingerprint density at radius 1 is 0.826 bits per heavy atom. The SMILES string of the molecule is CC1=C(C)C[C]([Zr+2][c]2cccc3c2Cc2ccccc2-3)=C1.[Cl-].[Cl-]. The second-order valence-electron chi connectivity index (χ2n) is 6.10. The molecule has 2 aromatic carbocycles. The van der Waals surface area contributed by atoms with Crippen molar-refractivity contribution in [2.45, 2.75) is 26.7 Å². The van der Waals surface area contributed by atoms with Crippen LogP contribution in [0.2, 0.25) is 0 Å². The molecule has 0 radical (unpaired) electrons. The van der Waals surface area contributed by atoms with E-state index in [4.69, 9.17) is 0 Å². The van der Waals surface area contributed by atoms with Crippen molar-refractivity contribution >= 4 is 3.27 Å². The van der Waals surface area contributed by atoms with Gasteiger partial charge in [0.1, 0.15) is 0 Å². The maximum absolute atomic E-state index is 2.46. The molecule has 0 unspecified atom stereocenters. The average molecular weight is 420 g/mol. The summed E-state index contributed by atoms with van der Waals surface area (Å²) in [4.78, 5) is 0. The molecule has 2 aliphatic carbocycles. The molecule has 23 heavy (non-hydrogen) atoms. The van der Waals surface area contributed by atoms with Crippen LogP contribution in [0.5, 0.6) is 0 Å². The number of rotatable bonds is 2. The van der Waals surface area contributed by atoms with Crippen LogP contribution in [0.15, 0.2) is 63.0 Å². The van der Waals surface area contributed by atoms with Gasteiger partial charge in [0.05, 0.1) is 0 Å². The normalized spacial score (nSPS) is 14.3. The third-order valence-corrected chi connectivity index (χ3v) is 8.06. The van der Waals surface area contributed by atoms with Crippen molar-refractivity contribution < 1.29 is 48.0 Å². The molecule has 0 bridgehead atoms. The van der Waals surface area contributed by atoms with Gasteiger partial charge in [-0.2, -0.15) is 0 Å². The maximum Gasteiger partial charge on any atom is -1.00 e. The van der Waals surface area contributed by atoms with Crippen molar-refractivity contribution in [2.24, 2.45) is 0 Å². The van der Waals surface area contributed by atoms with Crippen LogP contribution in [0.25, 0.3) is 11.1 Å². The monoisotopic (exact) mass is 418 g/mol. The maximum atomic E-state index is 2.46. The Bertz CT molecular complexity index is 803. The van der Waals surface area contributed by atoms with Gasteiger partial charge in [-0.15, -0.1) is 0 Å². The Morgan fingerprint density at radius 3 is 2.30 bits per heavy atom. The van der Waals surface area contributed by atoms with Gasteiger partial charge in [-0.3, -0.25) is 0 Å². The van der Waals surface area contributed by atoms with Gasteiger partial charge in [0.15, 0.2) is 0 Å². The van der Waals surface area contributed by atoms with E-state index < -0.39 is 23.2 Å². The fourth-order valence-electron chi connectivity index (χ4n) is 3.39. The van der Waals surface area contributed by atoms with Crippen LogP contribution in [0.4, 0.5) is 0 Å². The largest absolute Gasteiger partial charge is 1.00 e. The fourth-order valence-corrected chi connectivity index (χ4v) is 7.18. The Balaban J connectivity index is 0.000000960. The molecule has 0 aliphatic heterocycles. The zero-order valence-corrected chi connectivity index (χ0v) is 17.3. The standard InChI is InChI=1S/C13H9.C7H9.2ClH.Zr/c1-3-7-12-10(5-1)9-11-6-2-4-8-13(11)12;1-6-4-3-5-7(6)2;;;/h1-5,7-8H,9H2;4H,5H2,1-2H3;2*1H;/q;;;;+2/p-2. The number of fused-ring (bicyclic) bond motifs is 3. The predicted octanol–water partition coefficient (Wildman–Crippen LogP) is -1.40. The van der Waals surface area contributed by atoms with E-state index in [9.17, 15) is 0 Å². The molecular weight excluding hydrogens is 402 g/mol. The summed E-state index contributed by atoms with van der Waals surface area (Å²) in [5.74, 6) is 0. The van der Waals surface area contributed by atoms with Crippen LogP contribution in [0.3, 0.4) is 0 Å². The fraction of sp³-hybridized carbons (Fsp3) is 0.200. The predicted molar refractivity (Wildman–Crippen MR) is 85.4 cm³/mol. The van der Waals surface area contributed by atoms with Gasteiger partial charge in [0.2, 0.25) is 0 Å². The van der Waals surface area contributed by atoms with Crippen molar-refractivity contribution in [3.05, 3.63) is 74.1 Å². The van der Waals surface area contributed by atoms with Crippen LogP contribution in [-0.2, 0) is 29.7 Å². The minimum Gasteiger partial charge on any atom is -1.00 e. The van der Waals surface area contributed by atoms with Gasteiger partial charge >= 0.3 is 138 Å². The summed E-state index contributed by atoms with van der Waals surface area (Å²) in [5.41, 5.74) is 9.14. The summed E-state index contributed by atoms with van der Waals surface area (Å²) in [7, 11) is 0. The van der Waals surface area contributed by atoms with E-state index in [-0.39, 0.29) is 24.8 Å². The van der Waals surface area contributed by atoms with Crippen LogP contribution in [0, 0.1) is 0 Å². The molecule has 0 saturated heterocycles. The van der Waals surface area contributed by atoms with E-state index in [1.54, 1.807) is 17.7 Å². The van der Waals surface area contributed by atoms with E-state index >= 15 is 0 Å². The minimum atomic E-state index is -0.633. The second-order valence-corrected chi connectivity index (χ2v) is 9.62. The van der Waals surface area contributed by atoms with Crippen molar-refractivity contribution in [1.82, 2.24) is 0 Å².